The number of aromatic nitrogens is 2. The SMILES string of the molecule is CCn1nc(C)c(CN(C)C(=O)c2ccc(OC)c(COc3cc(C)ccc3C)c2)c1C. The zero-order valence-corrected chi connectivity index (χ0v) is 20.2. The van der Waals surface area contributed by atoms with Crippen LogP contribution in [0.2, 0.25) is 0 Å². The fourth-order valence-corrected chi connectivity index (χ4v) is 3.84. The number of nitrogens with zero attached hydrogens (tertiary/aromatic N) is 3. The number of carbonyl (C=O) groups is 1. The second kappa shape index (κ2) is 9.90. The van der Waals surface area contributed by atoms with E-state index in [0.717, 1.165) is 45.9 Å². The molecule has 0 saturated heterocycles. The summed E-state index contributed by atoms with van der Waals surface area (Å²) in [5.74, 6) is 1.48. The van der Waals surface area contributed by atoms with Crippen LogP contribution in [-0.2, 0) is 19.7 Å². The number of hydrogen-bond acceptors (Lipinski definition) is 4. The number of amides is 1. The van der Waals surface area contributed by atoms with E-state index in [4.69, 9.17) is 9.47 Å². The van der Waals surface area contributed by atoms with Gasteiger partial charge in [-0.25, -0.2) is 0 Å². The first-order valence-electron chi connectivity index (χ1n) is 10.9. The van der Waals surface area contributed by atoms with E-state index in [-0.39, 0.29) is 5.91 Å². The molecule has 32 heavy (non-hydrogen) atoms. The van der Waals surface area contributed by atoms with Crippen molar-refractivity contribution in [2.24, 2.45) is 0 Å². The average Bonchev–Trinajstić information content (AvgIpc) is 3.06. The number of carbonyl (C=O) groups excluding carboxylic acids is 1. The molecule has 170 valence electrons. The molecule has 0 bridgehead atoms. The van der Waals surface area contributed by atoms with Crippen molar-refractivity contribution >= 4 is 5.91 Å². The van der Waals surface area contributed by atoms with Gasteiger partial charge >= 0.3 is 0 Å². The fourth-order valence-electron chi connectivity index (χ4n) is 3.84. The summed E-state index contributed by atoms with van der Waals surface area (Å²) in [6.45, 7) is 11.8. The number of ether oxygens (including phenoxy) is 2. The topological polar surface area (TPSA) is 56.6 Å². The molecule has 1 aromatic heterocycles. The van der Waals surface area contributed by atoms with Crippen LogP contribution in [-0.4, -0.2) is 34.7 Å². The van der Waals surface area contributed by atoms with Crippen LogP contribution in [0.25, 0.3) is 0 Å². The van der Waals surface area contributed by atoms with Crippen LogP contribution in [0.4, 0.5) is 0 Å². The number of benzene rings is 2. The van der Waals surface area contributed by atoms with Crippen molar-refractivity contribution in [2.45, 2.75) is 54.3 Å². The number of methoxy groups -OCH3 is 1. The van der Waals surface area contributed by atoms with E-state index in [1.165, 1.54) is 0 Å². The molecule has 0 N–H and O–H groups in total. The standard InChI is InChI=1S/C26H33N3O3/c1-8-29-20(5)23(19(4)27-29)15-28(6)26(30)21-11-12-24(31-7)22(14-21)16-32-25-13-17(2)9-10-18(25)3/h9-14H,8,15-16H2,1-7H3. The lowest BCUT2D eigenvalue weighted by molar-refractivity contribution is 0.0784. The molecule has 3 rings (SSSR count). The summed E-state index contributed by atoms with van der Waals surface area (Å²) in [5.41, 5.74) is 6.79. The summed E-state index contributed by atoms with van der Waals surface area (Å²) in [6, 6.07) is 11.6. The summed E-state index contributed by atoms with van der Waals surface area (Å²) in [5, 5.41) is 4.56. The van der Waals surface area contributed by atoms with Crippen molar-refractivity contribution in [1.82, 2.24) is 14.7 Å². The predicted octanol–water partition coefficient (Wildman–Crippen LogP) is 5.00. The van der Waals surface area contributed by atoms with Crippen molar-refractivity contribution < 1.29 is 14.3 Å². The maximum atomic E-state index is 13.2. The van der Waals surface area contributed by atoms with Crippen LogP contribution in [0.1, 0.15) is 50.9 Å². The lowest BCUT2D eigenvalue weighted by Crippen LogP contribution is -2.27. The van der Waals surface area contributed by atoms with Gasteiger partial charge < -0.3 is 14.4 Å². The van der Waals surface area contributed by atoms with Gasteiger partial charge in [0.2, 0.25) is 0 Å². The lowest BCUT2D eigenvalue weighted by Gasteiger charge is -2.19. The maximum absolute atomic E-state index is 13.2. The number of aryl methyl sites for hydroxylation is 4. The van der Waals surface area contributed by atoms with Gasteiger partial charge in [-0.3, -0.25) is 9.48 Å². The first kappa shape index (κ1) is 23.4. The Morgan fingerprint density at radius 3 is 2.47 bits per heavy atom. The smallest absolute Gasteiger partial charge is 0.253 e. The van der Waals surface area contributed by atoms with Gasteiger partial charge in [0.1, 0.15) is 18.1 Å². The van der Waals surface area contributed by atoms with Gasteiger partial charge in [-0.05, 0) is 70.0 Å². The van der Waals surface area contributed by atoms with E-state index in [2.05, 4.69) is 18.1 Å². The maximum Gasteiger partial charge on any atom is 0.253 e. The first-order valence-corrected chi connectivity index (χ1v) is 10.9. The molecule has 6 heteroatoms. The highest BCUT2D eigenvalue weighted by Crippen LogP contribution is 2.26. The summed E-state index contributed by atoms with van der Waals surface area (Å²) >= 11 is 0. The van der Waals surface area contributed by atoms with Crippen molar-refractivity contribution in [1.29, 1.82) is 0 Å². The minimum absolute atomic E-state index is 0.0521. The molecule has 0 saturated carbocycles. The molecule has 3 aromatic rings. The second-order valence-corrected chi connectivity index (χ2v) is 8.21. The minimum atomic E-state index is -0.0521. The Morgan fingerprint density at radius 2 is 1.81 bits per heavy atom. The molecule has 0 aliphatic rings. The van der Waals surface area contributed by atoms with E-state index in [9.17, 15) is 4.79 Å². The highest BCUT2D eigenvalue weighted by Gasteiger charge is 2.19. The van der Waals surface area contributed by atoms with Crippen LogP contribution in [0.3, 0.4) is 0 Å². The van der Waals surface area contributed by atoms with Crippen molar-refractivity contribution in [2.75, 3.05) is 14.2 Å². The third-order valence-corrected chi connectivity index (χ3v) is 5.83. The van der Waals surface area contributed by atoms with E-state index < -0.39 is 0 Å². The third kappa shape index (κ3) is 4.96. The summed E-state index contributed by atoms with van der Waals surface area (Å²) < 4.78 is 13.5. The normalized spacial score (nSPS) is 10.8. The van der Waals surface area contributed by atoms with Gasteiger partial charge in [0, 0.05) is 42.5 Å². The Kier molecular flexibility index (Phi) is 7.23. The molecule has 0 radical (unpaired) electrons. The van der Waals surface area contributed by atoms with Crippen LogP contribution in [0.5, 0.6) is 11.5 Å². The van der Waals surface area contributed by atoms with Crippen molar-refractivity contribution in [3.63, 3.8) is 0 Å². The quantitative estimate of drug-likeness (QED) is 0.500. The van der Waals surface area contributed by atoms with Crippen molar-refractivity contribution in [3.05, 3.63) is 75.6 Å². The molecule has 1 amide bonds. The van der Waals surface area contributed by atoms with E-state index >= 15 is 0 Å². The van der Waals surface area contributed by atoms with E-state index in [1.54, 1.807) is 18.1 Å². The molecule has 6 nitrogen and oxygen atoms in total. The Hall–Kier alpha value is -3.28. The molecule has 2 aromatic carbocycles. The highest BCUT2D eigenvalue weighted by molar-refractivity contribution is 5.94. The molecule has 1 heterocycles. The molecular formula is C26H33N3O3. The van der Waals surface area contributed by atoms with Crippen LogP contribution >= 0.6 is 0 Å². The summed E-state index contributed by atoms with van der Waals surface area (Å²) in [7, 11) is 3.45. The lowest BCUT2D eigenvalue weighted by atomic mass is 10.1. The predicted molar refractivity (Wildman–Crippen MR) is 126 cm³/mol. The second-order valence-electron chi connectivity index (χ2n) is 8.21. The van der Waals surface area contributed by atoms with Crippen LogP contribution in [0, 0.1) is 27.7 Å². The molecule has 0 fully saturated rings. The Balaban J connectivity index is 1.79. The van der Waals surface area contributed by atoms with Gasteiger partial charge in [-0.1, -0.05) is 12.1 Å². The average molecular weight is 436 g/mol. The summed E-state index contributed by atoms with van der Waals surface area (Å²) in [4.78, 5) is 14.9. The molecule has 0 atom stereocenters. The first-order chi connectivity index (χ1) is 15.2. The van der Waals surface area contributed by atoms with E-state index in [0.29, 0.717) is 24.5 Å². The summed E-state index contributed by atoms with van der Waals surface area (Å²) in [6.07, 6.45) is 0. The minimum Gasteiger partial charge on any atom is -0.496 e. The molecule has 0 aliphatic carbocycles. The fraction of sp³-hybridized carbons (Fsp3) is 0.385. The number of rotatable bonds is 8. The number of hydrogen-bond donors (Lipinski definition) is 0. The zero-order chi connectivity index (χ0) is 23.4. The molecular weight excluding hydrogens is 402 g/mol. The third-order valence-electron chi connectivity index (χ3n) is 5.83. The van der Waals surface area contributed by atoms with Gasteiger partial charge in [0.05, 0.1) is 12.8 Å². The van der Waals surface area contributed by atoms with Crippen LogP contribution in [0.15, 0.2) is 36.4 Å². The highest BCUT2D eigenvalue weighted by atomic mass is 16.5. The monoisotopic (exact) mass is 435 g/mol. The molecule has 0 aliphatic heterocycles. The Morgan fingerprint density at radius 1 is 1.06 bits per heavy atom. The Labute approximate surface area is 190 Å². The largest absolute Gasteiger partial charge is 0.496 e. The van der Waals surface area contributed by atoms with Gasteiger partial charge in [-0.2, -0.15) is 5.10 Å². The van der Waals surface area contributed by atoms with Gasteiger partial charge in [0.15, 0.2) is 0 Å². The Bertz CT molecular complexity index is 1120. The van der Waals surface area contributed by atoms with E-state index in [1.807, 2.05) is 63.7 Å². The van der Waals surface area contributed by atoms with Gasteiger partial charge in [0.25, 0.3) is 5.91 Å². The van der Waals surface area contributed by atoms with Crippen molar-refractivity contribution in [3.8, 4) is 11.5 Å². The molecule has 0 unspecified atom stereocenters. The van der Waals surface area contributed by atoms with Gasteiger partial charge in [-0.15, -0.1) is 0 Å². The zero-order valence-electron chi connectivity index (χ0n) is 20.2. The van der Waals surface area contributed by atoms with Crippen LogP contribution < -0.4 is 9.47 Å². The molecule has 0 spiro atoms.